The lowest BCUT2D eigenvalue weighted by molar-refractivity contribution is 0.0697. The van der Waals surface area contributed by atoms with Crippen LogP contribution in [0.5, 0.6) is 0 Å². The predicted molar refractivity (Wildman–Crippen MR) is 70.2 cm³/mol. The Morgan fingerprint density at radius 1 is 1.28 bits per heavy atom. The molecule has 0 amide bonds. The number of nitrogens with zero attached hydrogens (tertiary/aromatic N) is 1. The first kappa shape index (κ1) is 11.5. The summed E-state index contributed by atoms with van der Waals surface area (Å²) in [6, 6.07) is 7.22. The van der Waals surface area contributed by atoms with Gasteiger partial charge in [-0.2, -0.15) is 0 Å². The molecule has 3 rings (SSSR count). The van der Waals surface area contributed by atoms with Crippen molar-refractivity contribution in [2.24, 2.45) is 5.41 Å². The molecule has 1 atom stereocenters. The molecule has 1 unspecified atom stereocenters. The maximum atomic E-state index is 10.8. The van der Waals surface area contributed by atoms with Crippen LogP contribution in [0.4, 0.5) is 5.69 Å². The van der Waals surface area contributed by atoms with Gasteiger partial charge in [0, 0.05) is 30.7 Å². The summed E-state index contributed by atoms with van der Waals surface area (Å²) < 4.78 is 0. The Morgan fingerprint density at radius 2 is 2.06 bits per heavy atom. The van der Waals surface area contributed by atoms with Crippen LogP contribution in [-0.2, 0) is 0 Å². The fraction of sp³-hybridized carbons (Fsp3) is 0.500. The lowest BCUT2D eigenvalue weighted by atomic mass is 9.86. The van der Waals surface area contributed by atoms with Crippen LogP contribution in [0.25, 0.3) is 0 Å². The Morgan fingerprint density at radius 3 is 2.67 bits per heavy atom. The van der Waals surface area contributed by atoms with Gasteiger partial charge in [0.15, 0.2) is 0 Å². The normalized spacial score (nSPS) is 27.0. The van der Waals surface area contributed by atoms with E-state index in [1.807, 2.05) is 12.1 Å². The second-order valence-electron chi connectivity index (χ2n) is 5.45. The minimum absolute atomic E-state index is 0.357. The van der Waals surface area contributed by atoms with Crippen molar-refractivity contribution in [3.63, 3.8) is 0 Å². The molecule has 1 aromatic rings. The fourth-order valence-corrected chi connectivity index (χ4v) is 3.11. The van der Waals surface area contributed by atoms with Crippen molar-refractivity contribution < 1.29 is 9.90 Å². The number of hydrogen-bond donors (Lipinski definition) is 2. The number of anilines is 1. The SMILES string of the molecule is O=C(O)c1ccc(N2CCC3(CCNC3)C2)cc1. The van der Waals surface area contributed by atoms with Crippen LogP contribution in [0, 0.1) is 5.41 Å². The van der Waals surface area contributed by atoms with Gasteiger partial charge in [-0.3, -0.25) is 0 Å². The van der Waals surface area contributed by atoms with E-state index in [0.29, 0.717) is 11.0 Å². The van der Waals surface area contributed by atoms with E-state index in [2.05, 4.69) is 10.2 Å². The van der Waals surface area contributed by atoms with Gasteiger partial charge in [0.1, 0.15) is 0 Å². The maximum absolute atomic E-state index is 10.8. The van der Waals surface area contributed by atoms with Crippen LogP contribution < -0.4 is 10.2 Å². The molecule has 0 aromatic heterocycles. The van der Waals surface area contributed by atoms with Crippen molar-refractivity contribution in [3.8, 4) is 0 Å². The maximum Gasteiger partial charge on any atom is 0.335 e. The quantitative estimate of drug-likeness (QED) is 0.831. The van der Waals surface area contributed by atoms with E-state index >= 15 is 0 Å². The first-order chi connectivity index (χ1) is 8.69. The molecule has 4 nitrogen and oxygen atoms in total. The summed E-state index contributed by atoms with van der Waals surface area (Å²) in [5.74, 6) is -0.862. The molecule has 0 bridgehead atoms. The minimum Gasteiger partial charge on any atom is -0.478 e. The molecule has 4 heteroatoms. The molecule has 0 radical (unpaired) electrons. The third-order valence-corrected chi connectivity index (χ3v) is 4.25. The van der Waals surface area contributed by atoms with Gasteiger partial charge in [-0.05, 0) is 43.7 Å². The van der Waals surface area contributed by atoms with Gasteiger partial charge < -0.3 is 15.3 Å². The average Bonchev–Trinajstić information content (AvgIpc) is 3.01. The van der Waals surface area contributed by atoms with Crippen LogP contribution >= 0.6 is 0 Å². The molecular weight excluding hydrogens is 228 g/mol. The Bertz CT molecular complexity index is 449. The number of hydrogen-bond acceptors (Lipinski definition) is 3. The summed E-state index contributed by atoms with van der Waals surface area (Å²) in [6.07, 6.45) is 2.50. The first-order valence-electron chi connectivity index (χ1n) is 6.48. The van der Waals surface area contributed by atoms with Crippen molar-refractivity contribution >= 4 is 11.7 Å². The summed E-state index contributed by atoms with van der Waals surface area (Å²) in [6.45, 7) is 4.42. The zero-order chi connectivity index (χ0) is 12.6. The summed E-state index contributed by atoms with van der Waals surface area (Å²) in [4.78, 5) is 13.2. The molecule has 2 saturated heterocycles. The Kier molecular flexibility index (Phi) is 2.74. The van der Waals surface area contributed by atoms with E-state index in [1.165, 1.54) is 12.8 Å². The third kappa shape index (κ3) is 1.97. The van der Waals surface area contributed by atoms with Gasteiger partial charge in [-0.1, -0.05) is 0 Å². The van der Waals surface area contributed by atoms with Crippen molar-refractivity contribution in [1.29, 1.82) is 0 Å². The molecule has 96 valence electrons. The third-order valence-electron chi connectivity index (χ3n) is 4.25. The van der Waals surface area contributed by atoms with E-state index in [-0.39, 0.29) is 0 Å². The number of aromatic carboxylic acids is 1. The fourth-order valence-electron chi connectivity index (χ4n) is 3.11. The van der Waals surface area contributed by atoms with E-state index in [1.54, 1.807) is 12.1 Å². The van der Waals surface area contributed by atoms with Crippen LogP contribution in [0.3, 0.4) is 0 Å². The lowest BCUT2D eigenvalue weighted by Gasteiger charge is -2.24. The van der Waals surface area contributed by atoms with E-state index < -0.39 is 5.97 Å². The largest absolute Gasteiger partial charge is 0.478 e. The zero-order valence-electron chi connectivity index (χ0n) is 10.4. The molecular formula is C14H18N2O2. The highest BCUT2D eigenvalue weighted by atomic mass is 16.4. The molecule has 2 aliphatic heterocycles. The van der Waals surface area contributed by atoms with Crippen molar-refractivity contribution in [2.45, 2.75) is 12.8 Å². The van der Waals surface area contributed by atoms with Gasteiger partial charge in [-0.15, -0.1) is 0 Å². The summed E-state index contributed by atoms with van der Waals surface area (Å²) in [5.41, 5.74) is 1.95. The van der Waals surface area contributed by atoms with Crippen LogP contribution in [0.2, 0.25) is 0 Å². The number of carbonyl (C=O) groups is 1. The lowest BCUT2D eigenvalue weighted by Crippen LogP contribution is -2.29. The van der Waals surface area contributed by atoms with E-state index in [0.717, 1.165) is 31.9 Å². The number of carboxylic acid groups (broad SMARTS) is 1. The summed E-state index contributed by atoms with van der Waals surface area (Å²) >= 11 is 0. The molecule has 2 heterocycles. The monoisotopic (exact) mass is 246 g/mol. The van der Waals surface area contributed by atoms with Gasteiger partial charge in [-0.25, -0.2) is 4.79 Å². The number of carboxylic acids is 1. The topological polar surface area (TPSA) is 52.6 Å². The molecule has 2 fully saturated rings. The zero-order valence-corrected chi connectivity index (χ0v) is 10.4. The van der Waals surface area contributed by atoms with Crippen LogP contribution in [-0.4, -0.2) is 37.3 Å². The van der Waals surface area contributed by atoms with E-state index in [9.17, 15) is 4.79 Å². The van der Waals surface area contributed by atoms with E-state index in [4.69, 9.17) is 5.11 Å². The predicted octanol–water partition coefficient (Wildman–Crippen LogP) is 1.57. The molecule has 0 aliphatic carbocycles. The first-order valence-corrected chi connectivity index (χ1v) is 6.48. The highest BCUT2D eigenvalue weighted by Crippen LogP contribution is 2.38. The van der Waals surface area contributed by atoms with Crippen LogP contribution in [0.1, 0.15) is 23.2 Å². The highest BCUT2D eigenvalue weighted by Gasteiger charge is 2.40. The summed E-state index contributed by atoms with van der Waals surface area (Å²) in [7, 11) is 0. The van der Waals surface area contributed by atoms with Gasteiger partial charge in [0.25, 0.3) is 0 Å². The number of benzene rings is 1. The molecule has 0 saturated carbocycles. The van der Waals surface area contributed by atoms with Gasteiger partial charge >= 0.3 is 5.97 Å². The molecule has 2 N–H and O–H groups in total. The number of nitrogens with one attached hydrogen (secondary N) is 1. The highest BCUT2D eigenvalue weighted by molar-refractivity contribution is 5.88. The number of rotatable bonds is 2. The van der Waals surface area contributed by atoms with Crippen molar-refractivity contribution in [3.05, 3.63) is 29.8 Å². The molecule has 18 heavy (non-hydrogen) atoms. The Labute approximate surface area is 107 Å². The average molecular weight is 246 g/mol. The molecule has 1 aromatic carbocycles. The van der Waals surface area contributed by atoms with Crippen molar-refractivity contribution in [2.75, 3.05) is 31.1 Å². The standard InChI is InChI=1S/C14H18N2O2/c17-13(18)11-1-3-12(4-2-11)16-8-6-14(10-16)5-7-15-9-14/h1-4,15H,5-10H2,(H,17,18). The van der Waals surface area contributed by atoms with Gasteiger partial charge in [0.2, 0.25) is 0 Å². The molecule has 1 spiro atoms. The van der Waals surface area contributed by atoms with Crippen molar-refractivity contribution in [1.82, 2.24) is 5.32 Å². The van der Waals surface area contributed by atoms with Gasteiger partial charge in [0.05, 0.1) is 5.56 Å². The second kappa shape index (κ2) is 4.28. The Balaban J connectivity index is 1.74. The Hall–Kier alpha value is -1.55. The summed E-state index contributed by atoms with van der Waals surface area (Å²) in [5, 5.41) is 12.3. The smallest absolute Gasteiger partial charge is 0.335 e. The van der Waals surface area contributed by atoms with Crippen LogP contribution in [0.15, 0.2) is 24.3 Å². The molecule has 2 aliphatic rings. The second-order valence-corrected chi connectivity index (χ2v) is 5.45. The minimum atomic E-state index is -0.862.